The van der Waals surface area contributed by atoms with Gasteiger partial charge in [0.2, 0.25) is 0 Å². The number of amides is 2. The molecule has 2 rings (SSSR count). The maximum Gasteiger partial charge on any atom is 0.256 e. The lowest BCUT2D eigenvalue weighted by atomic mass is 10.1. The summed E-state index contributed by atoms with van der Waals surface area (Å²) in [6.07, 6.45) is 0.709. The standard InChI is InChI=1S/C16H18N2O2S/c1-4-11-10(3)21-16(13(11)14(17)19)18-15(20)12-8-6-5-7-9(12)2/h5-8H,4H2,1-3H3,(H2,17,19)(H,18,20). The van der Waals surface area contributed by atoms with Crippen molar-refractivity contribution in [1.82, 2.24) is 0 Å². The van der Waals surface area contributed by atoms with Crippen molar-refractivity contribution in [2.75, 3.05) is 5.32 Å². The average Bonchev–Trinajstić information content (AvgIpc) is 2.74. The van der Waals surface area contributed by atoms with Gasteiger partial charge in [-0.3, -0.25) is 9.59 Å². The number of primary amides is 1. The van der Waals surface area contributed by atoms with Gasteiger partial charge in [0.15, 0.2) is 0 Å². The van der Waals surface area contributed by atoms with Gasteiger partial charge in [-0.1, -0.05) is 25.1 Å². The molecule has 0 spiro atoms. The fourth-order valence-corrected chi connectivity index (χ4v) is 3.50. The smallest absolute Gasteiger partial charge is 0.256 e. The largest absolute Gasteiger partial charge is 0.365 e. The lowest BCUT2D eigenvalue weighted by Crippen LogP contribution is -2.18. The molecule has 2 amide bonds. The van der Waals surface area contributed by atoms with E-state index in [1.165, 1.54) is 11.3 Å². The van der Waals surface area contributed by atoms with Crippen LogP contribution in [-0.4, -0.2) is 11.8 Å². The van der Waals surface area contributed by atoms with Crippen LogP contribution >= 0.6 is 11.3 Å². The van der Waals surface area contributed by atoms with Crippen LogP contribution in [0.1, 0.15) is 43.6 Å². The predicted molar refractivity (Wildman–Crippen MR) is 86.1 cm³/mol. The van der Waals surface area contributed by atoms with E-state index in [4.69, 9.17) is 5.73 Å². The maximum atomic E-state index is 12.4. The van der Waals surface area contributed by atoms with Crippen LogP contribution in [0.3, 0.4) is 0 Å². The first kappa shape index (κ1) is 15.3. The molecule has 0 fully saturated rings. The topological polar surface area (TPSA) is 72.2 Å². The van der Waals surface area contributed by atoms with Gasteiger partial charge in [-0.25, -0.2) is 0 Å². The molecule has 3 N–H and O–H groups in total. The first-order valence-electron chi connectivity index (χ1n) is 6.74. The molecule has 1 aromatic heterocycles. The third-order valence-corrected chi connectivity index (χ3v) is 4.49. The van der Waals surface area contributed by atoms with Crippen LogP contribution in [0.25, 0.3) is 0 Å². The summed E-state index contributed by atoms with van der Waals surface area (Å²) in [5.74, 6) is -0.726. The predicted octanol–water partition coefficient (Wildman–Crippen LogP) is 3.28. The number of carbonyl (C=O) groups excluding carboxylic acids is 2. The Balaban J connectivity index is 2.38. The van der Waals surface area contributed by atoms with Gasteiger partial charge in [0, 0.05) is 10.4 Å². The van der Waals surface area contributed by atoms with E-state index in [1.54, 1.807) is 6.07 Å². The van der Waals surface area contributed by atoms with Gasteiger partial charge in [0.25, 0.3) is 11.8 Å². The highest BCUT2D eigenvalue weighted by Gasteiger charge is 2.21. The van der Waals surface area contributed by atoms with Crippen molar-refractivity contribution >= 4 is 28.2 Å². The molecular formula is C16H18N2O2S. The quantitative estimate of drug-likeness (QED) is 0.909. The summed E-state index contributed by atoms with van der Waals surface area (Å²) in [7, 11) is 0. The maximum absolute atomic E-state index is 12.4. The number of carbonyl (C=O) groups is 2. The van der Waals surface area contributed by atoms with Crippen LogP contribution in [-0.2, 0) is 6.42 Å². The van der Waals surface area contributed by atoms with Gasteiger partial charge >= 0.3 is 0 Å². The van der Waals surface area contributed by atoms with E-state index in [-0.39, 0.29) is 5.91 Å². The first-order chi connectivity index (χ1) is 9.95. The van der Waals surface area contributed by atoms with Crippen molar-refractivity contribution < 1.29 is 9.59 Å². The second-order valence-corrected chi connectivity index (χ2v) is 6.05. The third-order valence-electron chi connectivity index (χ3n) is 3.43. The van der Waals surface area contributed by atoms with Crippen LogP contribution in [0.2, 0.25) is 0 Å². The molecule has 0 atom stereocenters. The molecule has 0 saturated heterocycles. The van der Waals surface area contributed by atoms with Crippen molar-refractivity contribution in [3.05, 3.63) is 51.4 Å². The van der Waals surface area contributed by atoms with Crippen LogP contribution in [0, 0.1) is 13.8 Å². The Labute approximate surface area is 128 Å². The van der Waals surface area contributed by atoms with Gasteiger partial charge in [-0.15, -0.1) is 11.3 Å². The highest BCUT2D eigenvalue weighted by Crippen LogP contribution is 2.33. The Hall–Kier alpha value is -2.14. The molecule has 0 aliphatic carbocycles. The van der Waals surface area contributed by atoms with Crippen molar-refractivity contribution in [2.24, 2.45) is 5.73 Å². The number of rotatable bonds is 4. The minimum absolute atomic E-state index is 0.223. The summed E-state index contributed by atoms with van der Waals surface area (Å²) in [4.78, 5) is 25.0. The highest BCUT2D eigenvalue weighted by molar-refractivity contribution is 7.16. The molecule has 1 heterocycles. The zero-order chi connectivity index (χ0) is 15.6. The van der Waals surface area contributed by atoms with Crippen molar-refractivity contribution in [2.45, 2.75) is 27.2 Å². The van der Waals surface area contributed by atoms with Crippen molar-refractivity contribution in [3.8, 4) is 0 Å². The van der Waals surface area contributed by atoms with Crippen LogP contribution in [0.4, 0.5) is 5.00 Å². The number of thiophene rings is 1. The van der Waals surface area contributed by atoms with Crippen LogP contribution in [0.5, 0.6) is 0 Å². The molecule has 0 aliphatic rings. The van der Waals surface area contributed by atoms with Gasteiger partial charge < -0.3 is 11.1 Å². The van der Waals surface area contributed by atoms with E-state index in [0.717, 1.165) is 16.0 Å². The third kappa shape index (κ3) is 2.97. The number of hydrogen-bond donors (Lipinski definition) is 2. The summed E-state index contributed by atoms with van der Waals surface area (Å²) in [5, 5.41) is 3.36. The minimum atomic E-state index is -0.503. The van der Waals surface area contributed by atoms with E-state index >= 15 is 0 Å². The number of nitrogens with one attached hydrogen (secondary N) is 1. The molecule has 0 unspecified atom stereocenters. The molecule has 2 aromatic rings. The van der Waals surface area contributed by atoms with Crippen LogP contribution in [0.15, 0.2) is 24.3 Å². The summed E-state index contributed by atoms with van der Waals surface area (Å²) >= 11 is 1.39. The zero-order valence-electron chi connectivity index (χ0n) is 12.3. The van der Waals surface area contributed by atoms with Crippen molar-refractivity contribution in [3.63, 3.8) is 0 Å². The van der Waals surface area contributed by atoms with E-state index in [1.807, 2.05) is 39.0 Å². The summed E-state index contributed by atoms with van der Waals surface area (Å²) < 4.78 is 0. The van der Waals surface area contributed by atoms with Gasteiger partial charge in [-0.2, -0.15) is 0 Å². The first-order valence-corrected chi connectivity index (χ1v) is 7.56. The monoisotopic (exact) mass is 302 g/mol. The molecule has 4 nitrogen and oxygen atoms in total. The Kier molecular flexibility index (Phi) is 4.43. The Morgan fingerprint density at radius 3 is 2.48 bits per heavy atom. The number of anilines is 1. The summed E-state index contributed by atoms with van der Waals surface area (Å²) in [6, 6.07) is 7.33. The molecule has 0 saturated carbocycles. The van der Waals surface area contributed by atoms with Gasteiger partial charge in [0.1, 0.15) is 5.00 Å². The molecule has 0 radical (unpaired) electrons. The molecule has 5 heteroatoms. The normalized spacial score (nSPS) is 10.4. The highest BCUT2D eigenvalue weighted by atomic mass is 32.1. The fraction of sp³-hybridized carbons (Fsp3) is 0.250. The second kappa shape index (κ2) is 6.10. The Morgan fingerprint density at radius 2 is 1.90 bits per heavy atom. The van der Waals surface area contributed by atoms with E-state index < -0.39 is 5.91 Å². The Morgan fingerprint density at radius 1 is 1.24 bits per heavy atom. The molecule has 21 heavy (non-hydrogen) atoms. The SMILES string of the molecule is CCc1c(C)sc(NC(=O)c2ccccc2C)c1C(N)=O. The summed E-state index contributed by atoms with van der Waals surface area (Å²) in [6.45, 7) is 5.77. The number of aryl methyl sites for hydroxylation is 2. The lowest BCUT2D eigenvalue weighted by Gasteiger charge is -2.07. The number of nitrogens with two attached hydrogens (primary N) is 1. The number of benzene rings is 1. The molecular weight excluding hydrogens is 284 g/mol. The second-order valence-electron chi connectivity index (χ2n) is 4.83. The van der Waals surface area contributed by atoms with Gasteiger partial charge in [-0.05, 0) is 37.5 Å². The fourth-order valence-electron chi connectivity index (χ4n) is 2.35. The zero-order valence-corrected chi connectivity index (χ0v) is 13.1. The van der Waals surface area contributed by atoms with E-state index in [2.05, 4.69) is 5.32 Å². The molecule has 0 bridgehead atoms. The Bertz CT molecular complexity index is 704. The van der Waals surface area contributed by atoms with Crippen LogP contribution < -0.4 is 11.1 Å². The van der Waals surface area contributed by atoms with E-state index in [9.17, 15) is 9.59 Å². The minimum Gasteiger partial charge on any atom is -0.365 e. The molecule has 1 aromatic carbocycles. The van der Waals surface area contributed by atoms with Crippen molar-refractivity contribution in [1.29, 1.82) is 0 Å². The molecule has 0 aliphatic heterocycles. The lowest BCUT2D eigenvalue weighted by molar-refractivity contribution is 0.100. The average molecular weight is 302 g/mol. The van der Waals surface area contributed by atoms with Gasteiger partial charge in [0.05, 0.1) is 5.56 Å². The summed E-state index contributed by atoms with van der Waals surface area (Å²) in [5.41, 5.74) is 8.29. The number of hydrogen-bond acceptors (Lipinski definition) is 3. The molecule has 110 valence electrons. The van der Waals surface area contributed by atoms with E-state index in [0.29, 0.717) is 22.5 Å².